The van der Waals surface area contributed by atoms with E-state index in [1.165, 1.54) is 0 Å². The smallest absolute Gasteiger partial charge is 0.330 e. The third-order valence-corrected chi connectivity index (χ3v) is 2.53. The van der Waals surface area contributed by atoms with Crippen LogP contribution in [0, 0.1) is 11.8 Å². The number of nitrogens with two attached hydrogens (primary N) is 1. The Balaban J connectivity index is 3.86. The molecular formula is C10H19F4N. The molecule has 0 aliphatic carbocycles. The predicted octanol–water partition coefficient (Wildman–Crippen LogP) is 3.29. The van der Waals surface area contributed by atoms with Crippen LogP contribution >= 0.6 is 0 Å². The molecular weight excluding hydrogens is 210 g/mol. The van der Waals surface area contributed by atoms with Gasteiger partial charge in [0.05, 0.1) is 0 Å². The maximum absolute atomic E-state index is 13.4. The van der Waals surface area contributed by atoms with Crippen LogP contribution in [0.2, 0.25) is 0 Å². The SMILES string of the molecule is CC(C)C(CN)C(F)CCCC(F)(F)F. The van der Waals surface area contributed by atoms with E-state index in [9.17, 15) is 17.6 Å². The molecule has 0 amide bonds. The molecule has 0 aliphatic heterocycles. The van der Waals surface area contributed by atoms with Crippen molar-refractivity contribution in [3.8, 4) is 0 Å². The van der Waals surface area contributed by atoms with Crippen molar-refractivity contribution in [3.05, 3.63) is 0 Å². The second kappa shape index (κ2) is 6.30. The zero-order valence-electron chi connectivity index (χ0n) is 9.15. The van der Waals surface area contributed by atoms with Crippen molar-refractivity contribution in [3.63, 3.8) is 0 Å². The van der Waals surface area contributed by atoms with Crippen LogP contribution < -0.4 is 5.73 Å². The summed E-state index contributed by atoms with van der Waals surface area (Å²) in [5.41, 5.74) is 5.37. The number of alkyl halides is 4. The molecule has 5 heteroatoms. The van der Waals surface area contributed by atoms with E-state index in [0.29, 0.717) is 0 Å². The summed E-state index contributed by atoms with van der Waals surface area (Å²) in [6.07, 6.45) is -6.54. The molecule has 2 unspecified atom stereocenters. The molecule has 0 fully saturated rings. The molecule has 0 saturated carbocycles. The first kappa shape index (κ1) is 14.7. The average molecular weight is 229 g/mol. The van der Waals surface area contributed by atoms with Gasteiger partial charge in [0.25, 0.3) is 0 Å². The average Bonchev–Trinajstić information content (AvgIpc) is 2.01. The van der Waals surface area contributed by atoms with Crippen LogP contribution in [0.25, 0.3) is 0 Å². The Hall–Kier alpha value is -0.320. The topological polar surface area (TPSA) is 26.0 Å². The molecule has 15 heavy (non-hydrogen) atoms. The predicted molar refractivity (Wildman–Crippen MR) is 52.2 cm³/mol. The summed E-state index contributed by atoms with van der Waals surface area (Å²) >= 11 is 0. The van der Waals surface area contributed by atoms with Crippen LogP contribution in [-0.2, 0) is 0 Å². The van der Waals surface area contributed by atoms with Crippen molar-refractivity contribution >= 4 is 0 Å². The minimum absolute atomic E-state index is 0.0560. The van der Waals surface area contributed by atoms with Gasteiger partial charge in [-0.1, -0.05) is 13.8 Å². The molecule has 0 aromatic carbocycles. The van der Waals surface area contributed by atoms with Crippen molar-refractivity contribution in [2.24, 2.45) is 17.6 Å². The zero-order chi connectivity index (χ0) is 12.1. The Bertz CT molecular complexity index is 167. The highest BCUT2D eigenvalue weighted by atomic mass is 19.4. The van der Waals surface area contributed by atoms with E-state index in [-0.39, 0.29) is 31.2 Å². The summed E-state index contributed by atoms with van der Waals surface area (Å²) in [5.74, 6) is -0.269. The van der Waals surface area contributed by atoms with Crippen molar-refractivity contribution in [2.45, 2.75) is 45.5 Å². The lowest BCUT2D eigenvalue weighted by Gasteiger charge is -2.23. The Morgan fingerprint density at radius 1 is 1.20 bits per heavy atom. The van der Waals surface area contributed by atoms with Gasteiger partial charge in [-0.15, -0.1) is 0 Å². The number of rotatable bonds is 6. The summed E-state index contributed by atoms with van der Waals surface area (Å²) < 4.78 is 48.8. The van der Waals surface area contributed by atoms with Gasteiger partial charge in [0, 0.05) is 12.3 Å². The van der Waals surface area contributed by atoms with E-state index in [1.807, 2.05) is 13.8 Å². The van der Waals surface area contributed by atoms with Gasteiger partial charge in [0.2, 0.25) is 0 Å². The van der Waals surface area contributed by atoms with Gasteiger partial charge in [-0.05, 0) is 25.3 Å². The van der Waals surface area contributed by atoms with Crippen molar-refractivity contribution in [1.82, 2.24) is 0 Å². The minimum Gasteiger partial charge on any atom is -0.330 e. The molecule has 0 spiro atoms. The second-order valence-electron chi connectivity index (χ2n) is 4.17. The van der Waals surface area contributed by atoms with Crippen LogP contribution in [0.15, 0.2) is 0 Å². The third-order valence-electron chi connectivity index (χ3n) is 2.53. The maximum Gasteiger partial charge on any atom is 0.389 e. The molecule has 0 bridgehead atoms. The molecule has 2 N–H and O–H groups in total. The lowest BCUT2D eigenvalue weighted by molar-refractivity contribution is -0.136. The van der Waals surface area contributed by atoms with Crippen molar-refractivity contribution < 1.29 is 17.6 Å². The highest BCUT2D eigenvalue weighted by Gasteiger charge is 2.28. The third kappa shape index (κ3) is 6.71. The standard InChI is InChI=1S/C10H19F4N/c1-7(2)8(6-15)9(11)4-3-5-10(12,13)14/h7-9H,3-6,15H2,1-2H3. The molecule has 0 rings (SSSR count). The molecule has 0 saturated heterocycles. The molecule has 0 radical (unpaired) electrons. The number of hydrogen-bond acceptors (Lipinski definition) is 1. The fourth-order valence-electron chi connectivity index (χ4n) is 1.55. The Kier molecular flexibility index (Phi) is 6.17. The summed E-state index contributed by atoms with van der Waals surface area (Å²) in [4.78, 5) is 0. The Labute approximate surface area is 88.0 Å². The number of halogens is 4. The highest BCUT2D eigenvalue weighted by molar-refractivity contribution is 4.73. The summed E-state index contributed by atoms with van der Waals surface area (Å²) in [7, 11) is 0. The van der Waals surface area contributed by atoms with Gasteiger partial charge in [-0.25, -0.2) is 4.39 Å². The maximum atomic E-state index is 13.4. The second-order valence-corrected chi connectivity index (χ2v) is 4.17. The fourth-order valence-corrected chi connectivity index (χ4v) is 1.55. The van der Waals surface area contributed by atoms with Crippen molar-refractivity contribution in [1.29, 1.82) is 0 Å². The zero-order valence-corrected chi connectivity index (χ0v) is 9.15. The van der Waals surface area contributed by atoms with Gasteiger partial charge in [0.1, 0.15) is 6.17 Å². The van der Waals surface area contributed by atoms with E-state index in [1.54, 1.807) is 0 Å². The lowest BCUT2D eigenvalue weighted by Crippen LogP contribution is -2.29. The first-order chi connectivity index (χ1) is 6.78. The van der Waals surface area contributed by atoms with Crippen molar-refractivity contribution in [2.75, 3.05) is 6.54 Å². The van der Waals surface area contributed by atoms with E-state index in [0.717, 1.165) is 0 Å². The van der Waals surface area contributed by atoms with Gasteiger partial charge < -0.3 is 5.73 Å². The van der Waals surface area contributed by atoms with Crippen LogP contribution in [0.3, 0.4) is 0 Å². The lowest BCUT2D eigenvalue weighted by atomic mass is 9.89. The first-order valence-corrected chi connectivity index (χ1v) is 5.18. The molecule has 1 nitrogen and oxygen atoms in total. The number of hydrogen-bond donors (Lipinski definition) is 1. The van der Waals surface area contributed by atoms with Crippen LogP contribution in [0.4, 0.5) is 17.6 Å². The first-order valence-electron chi connectivity index (χ1n) is 5.18. The minimum atomic E-state index is -4.18. The van der Waals surface area contributed by atoms with Gasteiger partial charge in [-0.3, -0.25) is 0 Å². The Morgan fingerprint density at radius 2 is 1.73 bits per heavy atom. The largest absolute Gasteiger partial charge is 0.389 e. The van der Waals surface area contributed by atoms with E-state index < -0.39 is 18.8 Å². The molecule has 2 atom stereocenters. The van der Waals surface area contributed by atoms with Gasteiger partial charge in [0.15, 0.2) is 0 Å². The molecule has 0 aliphatic rings. The summed E-state index contributed by atoms with van der Waals surface area (Å²) in [5, 5.41) is 0. The quantitative estimate of drug-likeness (QED) is 0.695. The fraction of sp³-hybridized carbons (Fsp3) is 1.00. The van der Waals surface area contributed by atoms with E-state index >= 15 is 0 Å². The summed E-state index contributed by atoms with van der Waals surface area (Å²) in [6, 6.07) is 0. The molecule has 0 aromatic heterocycles. The van der Waals surface area contributed by atoms with E-state index in [4.69, 9.17) is 5.73 Å². The molecule has 92 valence electrons. The van der Waals surface area contributed by atoms with Gasteiger partial charge in [-0.2, -0.15) is 13.2 Å². The van der Waals surface area contributed by atoms with Crippen LogP contribution in [0.1, 0.15) is 33.1 Å². The van der Waals surface area contributed by atoms with Crippen LogP contribution in [-0.4, -0.2) is 18.9 Å². The highest BCUT2D eigenvalue weighted by Crippen LogP contribution is 2.26. The summed E-state index contributed by atoms with van der Waals surface area (Å²) in [6.45, 7) is 3.84. The Morgan fingerprint density at radius 3 is 2.07 bits per heavy atom. The monoisotopic (exact) mass is 229 g/mol. The molecule has 0 heterocycles. The van der Waals surface area contributed by atoms with Gasteiger partial charge >= 0.3 is 6.18 Å². The van der Waals surface area contributed by atoms with Crippen LogP contribution in [0.5, 0.6) is 0 Å². The van der Waals surface area contributed by atoms with E-state index in [2.05, 4.69) is 0 Å². The molecule has 0 aromatic rings. The normalized spacial score (nSPS) is 16.8.